The molecule has 0 aliphatic heterocycles. The molecule has 20 heavy (non-hydrogen) atoms. The maximum Gasteiger partial charge on any atom is 0.345 e. The lowest BCUT2D eigenvalue weighted by molar-refractivity contribution is -0.392. The Morgan fingerprint density at radius 1 is 1.55 bits per heavy atom. The molecule has 0 fully saturated rings. The first kappa shape index (κ1) is 13.7. The normalized spacial score (nSPS) is 10.5. The van der Waals surface area contributed by atoms with E-state index in [9.17, 15) is 14.9 Å². The molecule has 1 amide bonds. The Labute approximate surface area is 114 Å². The van der Waals surface area contributed by atoms with Crippen LogP contribution in [0.25, 0.3) is 0 Å². The SMILES string of the molecule is Cc1cc([N+](=O)[O-])n(CC(=O)NCc2ccnn2C)n1. The van der Waals surface area contributed by atoms with Gasteiger partial charge in [0.1, 0.15) is 0 Å². The molecule has 106 valence electrons. The van der Waals surface area contributed by atoms with Gasteiger partial charge in [-0.1, -0.05) is 5.10 Å². The van der Waals surface area contributed by atoms with Gasteiger partial charge in [-0.25, -0.2) is 0 Å². The van der Waals surface area contributed by atoms with Crippen molar-refractivity contribution in [2.75, 3.05) is 0 Å². The Morgan fingerprint density at radius 3 is 2.90 bits per heavy atom. The fraction of sp³-hybridized carbons (Fsp3) is 0.364. The van der Waals surface area contributed by atoms with E-state index in [1.165, 1.54) is 6.07 Å². The van der Waals surface area contributed by atoms with Crippen LogP contribution < -0.4 is 5.32 Å². The first-order valence-corrected chi connectivity index (χ1v) is 5.90. The number of carbonyl (C=O) groups excluding carboxylic acids is 1. The molecule has 9 nitrogen and oxygen atoms in total. The lowest BCUT2D eigenvalue weighted by Crippen LogP contribution is -2.28. The second kappa shape index (κ2) is 5.51. The monoisotopic (exact) mass is 278 g/mol. The number of nitrogens with one attached hydrogen (secondary N) is 1. The van der Waals surface area contributed by atoms with E-state index in [-0.39, 0.29) is 18.3 Å². The van der Waals surface area contributed by atoms with Crippen LogP contribution in [0.4, 0.5) is 5.82 Å². The average Bonchev–Trinajstić information content (AvgIpc) is 2.93. The first-order valence-electron chi connectivity index (χ1n) is 5.90. The maximum absolute atomic E-state index is 11.8. The molecule has 0 saturated carbocycles. The molecule has 0 bridgehead atoms. The molecule has 0 atom stereocenters. The number of aromatic nitrogens is 4. The van der Waals surface area contributed by atoms with E-state index in [2.05, 4.69) is 15.5 Å². The number of hydrogen-bond donors (Lipinski definition) is 1. The van der Waals surface area contributed by atoms with Crippen LogP contribution in [0.3, 0.4) is 0 Å². The highest BCUT2D eigenvalue weighted by Gasteiger charge is 2.19. The maximum atomic E-state index is 11.8. The van der Waals surface area contributed by atoms with E-state index in [0.29, 0.717) is 12.2 Å². The summed E-state index contributed by atoms with van der Waals surface area (Å²) in [6, 6.07) is 3.11. The van der Waals surface area contributed by atoms with Crippen LogP contribution in [0, 0.1) is 17.0 Å². The molecular formula is C11H14N6O3. The third-order valence-corrected chi connectivity index (χ3v) is 2.75. The highest BCUT2D eigenvalue weighted by Crippen LogP contribution is 2.12. The molecule has 2 heterocycles. The molecule has 2 aromatic rings. The summed E-state index contributed by atoms with van der Waals surface area (Å²) in [7, 11) is 1.77. The van der Waals surface area contributed by atoms with Gasteiger partial charge in [0.05, 0.1) is 24.0 Å². The minimum Gasteiger partial charge on any atom is -0.358 e. The standard InChI is InChI=1S/C11H14N6O3/c1-8-5-11(17(19)20)16(14-8)7-10(18)12-6-9-3-4-13-15(9)2/h3-5H,6-7H2,1-2H3,(H,12,18). The van der Waals surface area contributed by atoms with Crippen LogP contribution in [0.5, 0.6) is 0 Å². The third kappa shape index (κ3) is 2.99. The summed E-state index contributed by atoms with van der Waals surface area (Å²) in [5, 5.41) is 21.4. The van der Waals surface area contributed by atoms with Gasteiger partial charge in [-0.15, -0.1) is 4.68 Å². The third-order valence-electron chi connectivity index (χ3n) is 2.75. The Bertz CT molecular complexity index is 644. The van der Waals surface area contributed by atoms with Crippen molar-refractivity contribution in [1.82, 2.24) is 24.9 Å². The Kier molecular flexibility index (Phi) is 3.78. The highest BCUT2D eigenvalue weighted by molar-refractivity contribution is 5.75. The van der Waals surface area contributed by atoms with Crippen LogP contribution in [-0.2, 0) is 24.9 Å². The molecule has 1 N–H and O–H groups in total. The predicted molar refractivity (Wildman–Crippen MR) is 68.7 cm³/mol. The van der Waals surface area contributed by atoms with Gasteiger partial charge in [-0.2, -0.15) is 5.10 Å². The Morgan fingerprint density at radius 2 is 2.30 bits per heavy atom. The number of hydrogen-bond acceptors (Lipinski definition) is 5. The molecule has 2 rings (SSSR count). The van der Waals surface area contributed by atoms with Gasteiger partial charge in [0.25, 0.3) is 5.91 Å². The number of amides is 1. The van der Waals surface area contributed by atoms with Crippen molar-refractivity contribution in [2.24, 2.45) is 7.05 Å². The number of nitro groups is 1. The number of carbonyl (C=O) groups is 1. The molecule has 0 aliphatic carbocycles. The second-order valence-electron chi connectivity index (χ2n) is 4.28. The molecule has 2 aromatic heterocycles. The minimum absolute atomic E-state index is 0.192. The number of rotatable bonds is 5. The minimum atomic E-state index is -0.561. The van der Waals surface area contributed by atoms with Crippen molar-refractivity contribution < 1.29 is 9.72 Å². The van der Waals surface area contributed by atoms with E-state index >= 15 is 0 Å². The van der Waals surface area contributed by atoms with Gasteiger partial charge in [-0.3, -0.25) is 9.48 Å². The lowest BCUT2D eigenvalue weighted by Gasteiger charge is -2.04. The fourth-order valence-electron chi connectivity index (χ4n) is 1.75. The summed E-state index contributed by atoms with van der Waals surface area (Å²) >= 11 is 0. The summed E-state index contributed by atoms with van der Waals surface area (Å²) < 4.78 is 2.72. The molecule has 0 aromatic carbocycles. The van der Waals surface area contributed by atoms with Gasteiger partial charge < -0.3 is 15.4 Å². The van der Waals surface area contributed by atoms with Crippen molar-refractivity contribution >= 4 is 11.7 Å². The lowest BCUT2D eigenvalue weighted by atomic mass is 10.4. The molecule has 0 spiro atoms. The smallest absolute Gasteiger partial charge is 0.345 e. The zero-order valence-corrected chi connectivity index (χ0v) is 11.1. The second-order valence-corrected chi connectivity index (χ2v) is 4.28. The van der Waals surface area contributed by atoms with E-state index in [4.69, 9.17) is 0 Å². The average molecular weight is 278 g/mol. The molecule has 9 heteroatoms. The van der Waals surface area contributed by atoms with E-state index in [1.807, 2.05) is 0 Å². The predicted octanol–water partition coefficient (Wildman–Crippen LogP) is 0.150. The van der Waals surface area contributed by atoms with E-state index < -0.39 is 4.92 Å². The van der Waals surface area contributed by atoms with Gasteiger partial charge in [0, 0.05) is 13.2 Å². The van der Waals surface area contributed by atoms with E-state index in [0.717, 1.165) is 10.4 Å². The molecule has 0 saturated heterocycles. The highest BCUT2D eigenvalue weighted by atomic mass is 16.6. The van der Waals surface area contributed by atoms with Crippen LogP contribution in [0.2, 0.25) is 0 Å². The van der Waals surface area contributed by atoms with E-state index in [1.54, 1.807) is 30.9 Å². The van der Waals surface area contributed by atoms with Crippen molar-refractivity contribution in [1.29, 1.82) is 0 Å². The van der Waals surface area contributed by atoms with Gasteiger partial charge >= 0.3 is 5.82 Å². The van der Waals surface area contributed by atoms with Crippen LogP contribution in [0.1, 0.15) is 11.4 Å². The first-order chi connectivity index (χ1) is 9.47. The molecular weight excluding hydrogens is 264 g/mol. The fourth-order valence-corrected chi connectivity index (χ4v) is 1.75. The largest absolute Gasteiger partial charge is 0.358 e. The molecule has 0 radical (unpaired) electrons. The topological polar surface area (TPSA) is 108 Å². The quantitative estimate of drug-likeness (QED) is 0.618. The summed E-state index contributed by atoms with van der Waals surface area (Å²) in [6.45, 7) is 1.75. The summed E-state index contributed by atoms with van der Waals surface area (Å²) in [5.74, 6) is -0.546. The zero-order valence-electron chi connectivity index (χ0n) is 11.1. The van der Waals surface area contributed by atoms with Gasteiger partial charge in [-0.05, 0) is 17.9 Å². The zero-order chi connectivity index (χ0) is 14.7. The van der Waals surface area contributed by atoms with Gasteiger partial charge in [0.2, 0.25) is 0 Å². The van der Waals surface area contributed by atoms with Crippen LogP contribution in [0.15, 0.2) is 18.3 Å². The number of aryl methyl sites for hydroxylation is 2. The summed E-state index contributed by atoms with van der Waals surface area (Å²) in [6.07, 6.45) is 1.63. The Hall–Kier alpha value is -2.71. The summed E-state index contributed by atoms with van der Waals surface area (Å²) in [5.41, 5.74) is 1.33. The van der Waals surface area contributed by atoms with Crippen molar-refractivity contribution in [2.45, 2.75) is 20.0 Å². The summed E-state index contributed by atoms with van der Waals surface area (Å²) in [4.78, 5) is 22.0. The Balaban J connectivity index is 1.98. The molecule has 0 unspecified atom stereocenters. The van der Waals surface area contributed by atoms with Crippen molar-refractivity contribution in [3.05, 3.63) is 39.8 Å². The van der Waals surface area contributed by atoms with Crippen molar-refractivity contribution in [3.8, 4) is 0 Å². The number of nitrogens with zero attached hydrogens (tertiary/aromatic N) is 5. The molecule has 0 aliphatic rings. The van der Waals surface area contributed by atoms with Crippen LogP contribution in [-0.4, -0.2) is 30.4 Å². The van der Waals surface area contributed by atoms with Crippen LogP contribution >= 0.6 is 0 Å². The van der Waals surface area contributed by atoms with Gasteiger partial charge in [0.15, 0.2) is 6.54 Å². The van der Waals surface area contributed by atoms with Crippen molar-refractivity contribution in [3.63, 3.8) is 0 Å².